The van der Waals surface area contributed by atoms with Crippen molar-refractivity contribution in [3.8, 4) is 0 Å². The molecule has 0 saturated carbocycles. The molecule has 0 aliphatic rings. The van der Waals surface area contributed by atoms with Gasteiger partial charge in [0.2, 0.25) is 0 Å². The number of aromatic nitrogens is 2. The molecule has 19 heavy (non-hydrogen) atoms. The summed E-state index contributed by atoms with van der Waals surface area (Å²) in [6.07, 6.45) is 1.93. The highest BCUT2D eigenvalue weighted by Gasteiger charge is 2.05. The van der Waals surface area contributed by atoms with Crippen molar-refractivity contribution in [1.29, 1.82) is 0 Å². The molecule has 0 saturated heterocycles. The van der Waals surface area contributed by atoms with Gasteiger partial charge in [-0.2, -0.15) is 0 Å². The van der Waals surface area contributed by atoms with Crippen LogP contribution in [0.4, 0.5) is 17.3 Å². The molecule has 0 atom stereocenters. The van der Waals surface area contributed by atoms with Crippen LogP contribution in [0.2, 0.25) is 10.0 Å². The molecule has 0 bridgehead atoms. The zero-order chi connectivity index (χ0) is 13.8. The third-order valence-electron chi connectivity index (χ3n) is 2.34. The summed E-state index contributed by atoms with van der Waals surface area (Å²) in [6.45, 7) is 0. The van der Waals surface area contributed by atoms with Gasteiger partial charge in [0.1, 0.15) is 11.6 Å². The molecule has 1 aromatic carbocycles. The van der Waals surface area contributed by atoms with Crippen molar-refractivity contribution in [3.05, 3.63) is 34.3 Å². The molecule has 2 aromatic rings. The monoisotopic (exact) mass is 314 g/mol. The molecule has 0 aliphatic heterocycles. The van der Waals surface area contributed by atoms with Gasteiger partial charge in [-0.25, -0.2) is 9.97 Å². The second kappa shape index (κ2) is 6.32. The van der Waals surface area contributed by atoms with Gasteiger partial charge in [0.25, 0.3) is 0 Å². The molecular formula is C12H12Cl2N4S. The summed E-state index contributed by atoms with van der Waals surface area (Å²) in [5, 5.41) is 7.88. The standard InChI is InChI=1S/C12H12Cl2N4S/c1-15-10-6-11(18-12(17-10)19-2)16-7-3-4-8(13)9(14)5-7/h3-6H,1-2H3,(H2,15,16,17,18). The van der Waals surface area contributed by atoms with Crippen molar-refractivity contribution in [2.24, 2.45) is 0 Å². The van der Waals surface area contributed by atoms with E-state index in [2.05, 4.69) is 20.6 Å². The minimum atomic E-state index is 0.500. The molecule has 0 unspecified atom stereocenters. The summed E-state index contributed by atoms with van der Waals surface area (Å²) in [5.74, 6) is 1.45. The number of hydrogen-bond acceptors (Lipinski definition) is 5. The highest BCUT2D eigenvalue weighted by Crippen LogP contribution is 2.27. The first-order chi connectivity index (χ1) is 9.12. The van der Waals surface area contributed by atoms with E-state index in [1.54, 1.807) is 12.1 Å². The van der Waals surface area contributed by atoms with Gasteiger partial charge in [-0.1, -0.05) is 35.0 Å². The zero-order valence-corrected chi connectivity index (χ0v) is 12.7. The SMILES string of the molecule is CNc1cc(Nc2ccc(Cl)c(Cl)c2)nc(SC)n1. The Labute approximate surface area is 125 Å². The highest BCUT2D eigenvalue weighted by atomic mass is 35.5. The molecule has 0 fully saturated rings. The summed E-state index contributed by atoms with van der Waals surface area (Å²) in [5.41, 5.74) is 0.821. The number of thioether (sulfide) groups is 1. The lowest BCUT2D eigenvalue weighted by Gasteiger charge is -2.09. The number of nitrogens with one attached hydrogen (secondary N) is 2. The summed E-state index contributed by atoms with van der Waals surface area (Å²) in [6, 6.07) is 7.15. The molecule has 0 radical (unpaired) electrons. The van der Waals surface area contributed by atoms with Crippen LogP contribution in [0.25, 0.3) is 0 Å². The Morgan fingerprint density at radius 1 is 1.05 bits per heavy atom. The average Bonchev–Trinajstić information content (AvgIpc) is 2.42. The van der Waals surface area contributed by atoms with E-state index in [1.807, 2.05) is 25.4 Å². The summed E-state index contributed by atoms with van der Waals surface area (Å²) < 4.78 is 0. The molecule has 4 nitrogen and oxygen atoms in total. The number of hydrogen-bond donors (Lipinski definition) is 2. The first kappa shape index (κ1) is 14.2. The van der Waals surface area contributed by atoms with Crippen molar-refractivity contribution in [2.45, 2.75) is 5.16 Å². The van der Waals surface area contributed by atoms with Gasteiger partial charge in [0.15, 0.2) is 5.16 Å². The van der Waals surface area contributed by atoms with Gasteiger partial charge in [0, 0.05) is 18.8 Å². The Balaban J connectivity index is 2.29. The van der Waals surface area contributed by atoms with Crippen molar-refractivity contribution >= 4 is 52.3 Å². The fraction of sp³-hybridized carbons (Fsp3) is 0.167. The normalized spacial score (nSPS) is 10.3. The fourth-order valence-corrected chi connectivity index (χ4v) is 2.11. The van der Waals surface area contributed by atoms with E-state index in [0.717, 1.165) is 11.5 Å². The maximum absolute atomic E-state index is 5.98. The maximum atomic E-state index is 5.98. The van der Waals surface area contributed by atoms with Crippen LogP contribution in [0.3, 0.4) is 0 Å². The van der Waals surface area contributed by atoms with Gasteiger partial charge in [-0.15, -0.1) is 0 Å². The number of rotatable bonds is 4. The van der Waals surface area contributed by atoms with Crippen LogP contribution in [-0.4, -0.2) is 23.3 Å². The number of nitrogens with zero attached hydrogens (tertiary/aromatic N) is 2. The van der Waals surface area contributed by atoms with E-state index >= 15 is 0 Å². The smallest absolute Gasteiger partial charge is 0.191 e. The predicted molar refractivity (Wildman–Crippen MR) is 83.1 cm³/mol. The minimum absolute atomic E-state index is 0.500. The first-order valence-electron chi connectivity index (χ1n) is 5.45. The molecule has 7 heteroatoms. The quantitative estimate of drug-likeness (QED) is 0.651. The first-order valence-corrected chi connectivity index (χ1v) is 7.43. The third kappa shape index (κ3) is 3.65. The van der Waals surface area contributed by atoms with Crippen LogP contribution in [0.15, 0.2) is 29.4 Å². The Morgan fingerprint density at radius 3 is 2.42 bits per heavy atom. The van der Waals surface area contributed by atoms with Gasteiger partial charge in [0.05, 0.1) is 10.0 Å². The van der Waals surface area contributed by atoms with E-state index in [1.165, 1.54) is 11.8 Å². The molecule has 100 valence electrons. The summed E-state index contributed by atoms with van der Waals surface area (Å²) >= 11 is 13.3. The Bertz CT molecular complexity index is 570. The minimum Gasteiger partial charge on any atom is -0.373 e. The number of anilines is 3. The highest BCUT2D eigenvalue weighted by molar-refractivity contribution is 7.98. The molecular weight excluding hydrogens is 303 g/mol. The van der Waals surface area contributed by atoms with Crippen LogP contribution in [-0.2, 0) is 0 Å². The average molecular weight is 315 g/mol. The van der Waals surface area contributed by atoms with E-state index in [0.29, 0.717) is 21.0 Å². The molecule has 0 amide bonds. The molecule has 1 aromatic heterocycles. The number of halogens is 2. The third-order valence-corrected chi connectivity index (χ3v) is 3.62. The van der Waals surface area contributed by atoms with Crippen LogP contribution in [0.1, 0.15) is 0 Å². The van der Waals surface area contributed by atoms with Gasteiger partial charge >= 0.3 is 0 Å². The predicted octanol–water partition coefficient (Wildman–Crippen LogP) is 4.29. The lowest BCUT2D eigenvalue weighted by atomic mass is 10.3. The van der Waals surface area contributed by atoms with Gasteiger partial charge in [-0.3, -0.25) is 0 Å². The topological polar surface area (TPSA) is 49.8 Å². The van der Waals surface area contributed by atoms with Crippen LogP contribution in [0, 0.1) is 0 Å². The Hall–Kier alpha value is -1.17. The lowest BCUT2D eigenvalue weighted by molar-refractivity contribution is 0.977. The molecule has 2 N–H and O–H groups in total. The lowest BCUT2D eigenvalue weighted by Crippen LogP contribution is -2.00. The summed E-state index contributed by atoms with van der Waals surface area (Å²) in [7, 11) is 1.81. The van der Waals surface area contributed by atoms with Crippen molar-refractivity contribution in [1.82, 2.24) is 9.97 Å². The van der Waals surface area contributed by atoms with Crippen LogP contribution >= 0.6 is 35.0 Å². The van der Waals surface area contributed by atoms with E-state index in [4.69, 9.17) is 23.2 Å². The van der Waals surface area contributed by atoms with Crippen molar-refractivity contribution in [3.63, 3.8) is 0 Å². The van der Waals surface area contributed by atoms with Gasteiger partial charge in [-0.05, 0) is 24.5 Å². The van der Waals surface area contributed by atoms with Crippen LogP contribution in [0.5, 0.6) is 0 Å². The van der Waals surface area contributed by atoms with Crippen molar-refractivity contribution in [2.75, 3.05) is 23.9 Å². The van der Waals surface area contributed by atoms with Gasteiger partial charge < -0.3 is 10.6 Å². The van der Waals surface area contributed by atoms with Crippen LogP contribution < -0.4 is 10.6 Å². The largest absolute Gasteiger partial charge is 0.373 e. The molecule has 0 aliphatic carbocycles. The number of benzene rings is 1. The Kier molecular flexibility index (Phi) is 4.74. The fourth-order valence-electron chi connectivity index (χ4n) is 1.43. The second-order valence-electron chi connectivity index (χ2n) is 3.63. The van der Waals surface area contributed by atoms with Crippen molar-refractivity contribution < 1.29 is 0 Å². The van der Waals surface area contributed by atoms with E-state index < -0.39 is 0 Å². The molecule has 1 heterocycles. The second-order valence-corrected chi connectivity index (χ2v) is 5.22. The molecule has 2 rings (SSSR count). The van der Waals surface area contributed by atoms with E-state index in [9.17, 15) is 0 Å². The van der Waals surface area contributed by atoms with E-state index in [-0.39, 0.29) is 0 Å². The maximum Gasteiger partial charge on any atom is 0.191 e. The molecule has 0 spiro atoms. The Morgan fingerprint density at radius 2 is 1.79 bits per heavy atom. The zero-order valence-electron chi connectivity index (χ0n) is 10.4. The summed E-state index contributed by atoms with van der Waals surface area (Å²) in [4.78, 5) is 8.67.